The number of anilines is 1. The van der Waals surface area contributed by atoms with Gasteiger partial charge in [-0.05, 0) is 36.8 Å². The van der Waals surface area contributed by atoms with E-state index in [1.165, 1.54) is 6.07 Å². The third-order valence-electron chi connectivity index (χ3n) is 4.21. The summed E-state index contributed by atoms with van der Waals surface area (Å²) in [7, 11) is 1.90. The lowest BCUT2D eigenvalue weighted by Crippen LogP contribution is -2.49. The zero-order valence-electron chi connectivity index (χ0n) is 14.0. The number of piperazine rings is 1. The Labute approximate surface area is 147 Å². The number of rotatable bonds is 3. The normalized spacial score (nSPS) is 15.5. The summed E-state index contributed by atoms with van der Waals surface area (Å²) in [5.41, 5.74) is 2.89. The molecule has 1 N–H and O–H groups in total. The molecule has 1 aromatic carbocycles. The van der Waals surface area contributed by atoms with Crippen molar-refractivity contribution in [3.63, 3.8) is 0 Å². The monoisotopic (exact) mass is 347 g/mol. The van der Waals surface area contributed by atoms with Crippen molar-refractivity contribution < 1.29 is 4.39 Å². The van der Waals surface area contributed by atoms with Gasteiger partial charge in [0.25, 0.3) is 0 Å². The molecule has 0 bridgehead atoms. The maximum absolute atomic E-state index is 13.3. The van der Waals surface area contributed by atoms with Crippen molar-refractivity contribution in [2.75, 3.05) is 31.5 Å². The highest BCUT2D eigenvalue weighted by Crippen LogP contribution is 2.14. The quantitative estimate of drug-likeness (QED) is 0.863. The van der Waals surface area contributed by atoms with E-state index in [4.69, 9.17) is 12.2 Å². The summed E-state index contributed by atoms with van der Waals surface area (Å²) in [5, 5.41) is 8.32. The highest BCUT2D eigenvalue weighted by molar-refractivity contribution is 7.80. The number of aryl methyl sites for hydroxylation is 2. The van der Waals surface area contributed by atoms with E-state index in [0.29, 0.717) is 0 Å². The molecule has 1 aliphatic rings. The third-order valence-corrected chi connectivity index (χ3v) is 4.57. The highest BCUT2D eigenvalue weighted by Gasteiger charge is 2.19. The molecule has 2 aromatic rings. The number of aromatic nitrogens is 2. The molecule has 24 heavy (non-hydrogen) atoms. The van der Waals surface area contributed by atoms with Crippen LogP contribution in [-0.2, 0) is 13.6 Å². The van der Waals surface area contributed by atoms with Crippen LogP contribution < -0.4 is 5.32 Å². The lowest BCUT2D eigenvalue weighted by molar-refractivity contribution is 0.177. The van der Waals surface area contributed by atoms with Crippen LogP contribution in [0.4, 0.5) is 10.1 Å². The molecule has 0 amide bonds. The number of benzene rings is 1. The Morgan fingerprint density at radius 2 is 2.04 bits per heavy atom. The number of hydrogen-bond acceptors (Lipinski definition) is 3. The van der Waals surface area contributed by atoms with Crippen LogP contribution in [0.2, 0.25) is 0 Å². The standard InChI is InChI=1S/C17H22FN5S/c1-13-16(12-21(2)20-13)19-17(24)23-8-6-22(7-9-23)11-14-4-3-5-15(18)10-14/h3-5,10,12H,6-9,11H2,1-2H3,(H,19,24). The van der Waals surface area contributed by atoms with Crippen molar-refractivity contribution in [3.05, 3.63) is 47.5 Å². The van der Waals surface area contributed by atoms with E-state index in [0.717, 1.165) is 54.8 Å². The first-order valence-electron chi connectivity index (χ1n) is 8.04. The SMILES string of the molecule is Cc1nn(C)cc1NC(=S)N1CCN(Cc2cccc(F)c2)CC1. The first-order valence-corrected chi connectivity index (χ1v) is 8.45. The van der Waals surface area contributed by atoms with E-state index in [1.807, 2.05) is 26.2 Å². The zero-order chi connectivity index (χ0) is 17.1. The molecular formula is C17H22FN5S. The van der Waals surface area contributed by atoms with Crippen molar-refractivity contribution in [1.29, 1.82) is 0 Å². The van der Waals surface area contributed by atoms with Gasteiger partial charge in [0.2, 0.25) is 0 Å². The topological polar surface area (TPSA) is 36.3 Å². The van der Waals surface area contributed by atoms with Crippen molar-refractivity contribution >= 4 is 23.0 Å². The molecule has 3 rings (SSSR count). The first-order chi connectivity index (χ1) is 11.5. The van der Waals surface area contributed by atoms with Crippen LogP contribution in [0, 0.1) is 12.7 Å². The average Bonchev–Trinajstić information content (AvgIpc) is 2.85. The van der Waals surface area contributed by atoms with Crippen LogP contribution in [-0.4, -0.2) is 50.9 Å². The number of halogens is 1. The number of nitrogens with one attached hydrogen (secondary N) is 1. The summed E-state index contributed by atoms with van der Waals surface area (Å²) in [6.07, 6.45) is 1.93. The lowest BCUT2D eigenvalue weighted by Gasteiger charge is -2.36. The average molecular weight is 347 g/mol. The molecule has 0 aliphatic carbocycles. The lowest BCUT2D eigenvalue weighted by atomic mass is 10.2. The Balaban J connectivity index is 1.51. The largest absolute Gasteiger partial charge is 0.346 e. The smallest absolute Gasteiger partial charge is 0.173 e. The maximum atomic E-state index is 13.3. The van der Waals surface area contributed by atoms with E-state index >= 15 is 0 Å². The minimum Gasteiger partial charge on any atom is -0.346 e. The van der Waals surface area contributed by atoms with Gasteiger partial charge in [-0.2, -0.15) is 5.10 Å². The van der Waals surface area contributed by atoms with Gasteiger partial charge in [0.1, 0.15) is 5.82 Å². The predicted molar refractivity (Wildman–Crippen MR) is 97.4 cm³/mol. The Kier molecular flexibility index (Phi) is 5.11. The molecular weight excluding hydrogens is 325 g/mol. The van der Waals surface area contributed by atoms with Gasteiger partial charge in [-0.15, -0.1) is 0 Å². The molecule has 1 fully saturated rings. The molecule has 2 heterocycles. The fraction of sp³-hybridized carbons (Fsp3) is 0.412. The van der Waals surface area contributed by atoms with E-state index < -0.39 is 0 Å². The number of nitrogens with zero attached hydrogens (tertiary/aromatic N) is 4. The van der Waals surface area contributed by atoms with Gasteiger partial charge in [-0.3, -0.25) is 9.58 Å². The minimum absolute atomic E-state index is 0.177. The van der Waals surface area contributed by atoms with Crippen LogP contribution in [0.3, 0.4) is 0 Å². The molecule has 1 saturated heterocycles. The Hall–Kier alpha value is -1.99. The van der Waals surface area contributed by atoms with Gasteiger partial charge in [-0.1, -0.05) is 12.1 Å². The fourth-order valence-corrected chi connectivity index (χ4v) is 3.21. The number of thiocarbonyl (C=S) groups is 1. The molecule has 1 aliphatic heterocycles. The molecule has 0 atom stereocenters. The van der Waals surface area contributed by atoms with Gasteiger partial charge in [0.05, 0.1) is 11.4 Å². The van der Waals surface area contributed by atoms with E-state index in [2.05, 4.69) is 20.2 Å². The number of hydrogen-bond donors (Lipinski definition) is 1. The summed E-state index contributed by atoms with van der Waals surface area (Å²) in [5.74, 6) is -0.177. The Morgan fingerprint density at radius 3 is 2.67 bits per heavy atom. The molecule has 0 unspecified atom stereocenters. The van der Waals surface area contributed by atoms with Crippen molar-refractivity contribution in [3.8, 4) is 0 Å². The van der Waals surface area contributed by atoms with Gasteiger partial charge in [0, 0.05) is 46.0 Å². The van der Waals surface area contributed by atoms with Gasteiger partial charge < -0.3 is 10.2 Å². The summed E-state index contributed by atoms with van der Waals surface area (Å²) in [4.78, 5) is 4.49. The van der Waals surface area contributed by atoms with Crippen LogP contribution in [0.15, 0.2) is 30.5 Å². The Bertz CT molecular complexity index is 722. The molecule has 1 aromatic heterocycles. The van der Waals surface area contributed by atoms with Crippen LogP contribution in [0.1, 0.15) is 11.3 Å². The summed E-state index contributed by atoms with van der Waals surface area (Å²) >= 11 is 5.52. The van der Waals surface area contributed by atoms with Crippen LogP contribution in [0.25, 0.3) is 0 Å². The zero-order valence-corrected chi connectivity index (χ0v) is 14.8. The van der Waals surface area contributed by atoms with Crippen LogP contribution in [0.5, 0.6) is 0 Å². The third kappa shape index (κ3) is 4.10. The van der Waals surface area contributed by atoms with Crippen LogP contribution >= 0.6 is 12.2 Å². The fourth-order valence-electron chi connectivity index (χ4n) is 2.92. The van der Waals surface area contributed by atoms with Crippen molar-refractivity contribution in [2.45, 2.75) is 13.5 Å². The summed E-state index contributed by atoms with van der Waals surface area (Å²) in [6, 6.07) is 6.80. The molecule has 128 valence electrons. The molecule has 0 saturated carbocycles. The van der Waals surface area contributed by atoms with Gasteiger partial charge >= 0.3 is 0 Å². The van der Waals surface area contributed by atoms with E-state index in [1.54, 1.807) is 16.8 Å². The molecule has 0 radical (unpaired) electrons. The Morgan fingerprint density at radius 1 is 1.29 bits per heavy atom. The predicted octanol–water partition coefficient (Wildman–Crippen LogP) is 2.38. The summed E-state index contributed by atoms with van der Waals surface area (Å²) in [6.45, 7) is 6.27. The molecule has 5 nitrogen and oxygen atoms in total. The first kappa shape index (κ1) is 16.9. The van der Waals surface area contributed by atoms with Crippen molar-refractivity contribution in [1.82, 2.24) is 19.6 Å². The van der Waals surface area contributed by atoms with E-state index in [9.17, 15) is 4.39 Å². The minimum atomic E-state index is -0.177. The second kappa shape index (κ2) is 7.27. The van der Waals surface area contributed by atoms with Gasteiger partial charge in [0.15, 0.2) is 5.11 Å². The molecule has 7 heteroatoms. The maximum Gasteiger partial charge on any atom is 0.173 e. The van der Waals surface area contributed by atoms with Gasteiger partial charge in [-0.25, -0.2) is 4.39 Å². The highest BCUT2D eigenvalue weighted by atomic mass is 32.1. The van der Waals surface area contributed by atoms with E-state index in [-0.39, 0.29) is 5.82 Å². The second-order valence-corrected chi connectivity index (χ2v) is 6.51. The molecule has 0 spiro atoms. The summed E-state index contributed by atoms with van der Waals surface area (Å²) < 4.78 is 15.0. The van der Waals surface area contributed by atoms with Crippen molar-refractivity contribution in [2.24, 2.45) is 7.05 Å². The second-order valence-electron chi connectivity index (χ2n) is 6.13.